The van der Waals surface area contributed by atoms with Gasteiger partial charge in [-0.05, 0) is 30.9 Å². The van der Waals surface area contributed by atoms with Crippen LogP contribution < -0.4 is 5.56 Å². The molecule has 0 saturated heterocycles. The van der Waals surface area contributed by atoms with Crippen LogP contribution in [0.4, 0.5) is 0 Å². The molecule has 2 nitrogen and oxygen atoms in total. The Morgan fingerprint density at radius 3 is 2.64 bits per heavy atom. The molecule has 1 rings (SSSR count). The normalized spacial score (nSPS) is 10.4. The lowest BCUT2D eigenvalue weighted by Gasteiger charge is -2.06. The molecule has 0 unspecified atom stereocenters. The highest BCUT2D eigenvalue weighted by molar-refractivity contribution is 5.23. The van der Waals surface area contributed by atoms with Crippen molar-refractivity contribution in [2.75, 3.05) is 0 Å². The van der Waals surface area contributed by atoms with Crippen LogP contribution in [-0.2, 0) is 12.8 Å². The molecule has 14 heavy (non-hydrogen) atoms. The zero-order valence-electron chi connectivity index (χ0n) is 9.10. The maximum absolute atomic E-state index is 11.5. The van der Waals surface area contributed by atoms with Gasteiger partial charge in [-0.3, -0.25) is 4.79 Å². The van der Waals surface area contributed by atoms with Crippen molar-refractivity contribution in [3.8, 4) is 0 Å². The van der Waals surface area contributed by atoms with Gasteiger partial charge in [0.1, 0.15) is 0 Å². The van der Waals surface area contributed by atoms with E-state index in [0.29, 0.717) is 0 Å². The van der Waals surface area contributed by atoms with Crippen LogP contribution in [-0.4, -0.2) is 4.98 Å². The maximum Gasteiger partial charge on any atom is 0.251 e. The lowest BCUT2D eigenvalue weighted by molar-refractivity contribution is 0.774. The Morgan fingerprint density at radius 1 is 1.21 bits per heavy atom. The summed E-state index contributed by atoms with van der Waals surface area (Å²) in [6.45, 7) is 4.28. The van der Waals surface area contributed by atoms with Gasteiger partial charge in [0.2, 0.25) is 0 Å². The molecule has 0 aliphatic carbocycles. The summed E-state index contributed by atoms with van der Waals surface area (Å²) in [5.74, 6) is 0. The largest absolute Gasteiger partial charge is 0.329 e. The van der Waals surface area contributed by atoms with Gasteiger partial charge in [0, 0.05) is 11.8 Å². The van der Waals surface area contributed by atoms with Crippen LogP contribution in [0.5, 0.6) is 0 Å². The van der Waals surface area contributed by atoms with E-state index in [1.165, 1.54) is 18.4 Å². The van der Waals surface area contributed by atoms with Crippen molar-refractivity contribution in [1.29, 1.82) is 0 Å². The van der Waals surface area contributed by atoms with Crippen LogP contribution >= 0.6 is 0 Å². The number of hydrogen-bond donors (Lipinski definition) is 1. The van der Waals surface area contributed by atoms with Crippen molar-refractivity contribution in [2.45, 2.75) is 46.0 Å². The Bertz CT molecular complexity index is 327. The number of aromatic amines is 1. The molecule has 2 heteroatoms. The zero-order chi connectivity index (χ0) is 10.4. The first kappa shape index (κ1) is 11.0. The number of hydrogen-bond acceptors (Lipinski definition) is 1. The zero-order valence-corrected chi connectivity index (χ0v) is 9.10. The van der Waals surface area contributed by atoms with Gasteiger partial charge >= 0.3 is 0 Å². The van der Waals surface area contributed by atoms with E-state index in [2.05, 4.69) is 18.8 Å². The van der Waals surface area contributed by atoms with E-state index in [-0.39, 0.29) is 5.56 Å². The second kappa shape index (κ2) is 5.63. The van der Waals surface area contributed by atoms with Crippen LogP contribution in [0.1, 0.15) is 44.2 Å². The number of nitrogens with one attached hydrogen (secondary N) is 1. The fraction of sp³-hybridized carbons (Fsp3) is 0.583. The second-order valence-corrected chi connectivity index (χ2v) is 3.66. The summed E-state index contributed by atoms with van der Waals surface area (Å²) in [6, 6.07) is 2.04. The molecule has 1 heterocycles. The SMILES string of the molecule is CCCCc1cc[nH]c(=O)c1CCC. The number of pyridine rings is 1. The molecule has 0 saturated carbocycles. The van der Waals surface area contributed by atoms with Gasteiger partial charge in [-0.2, -0.15) is 0 Å². The van der Waals surface area contributed by atoms with E-state index in [9.17, 15) is 4.79 Å². The fourth-order valence-electron chi connectivity index (χ4n) is 1.68. The van der Waals surface area contributed by atoms with E-state index in [1.54, 1.807) is 6.20 Å². The number of rotatable bonds is 5. The van der Waals surface area contributed by atoms with Crippen molar-refractivity contribution in [3.63, 3.8) is 0 Å². The highest BCUT2D eigenvalue weighted by atomic mass is 16.1. The lowest BCUT2D eigenvalue weighted by Crippen LogP contribution is -2.14. The van der Waals surface area contributed by atoms with Crippen molar-refractivity contribution in [3.05, 3.63) is 33.7 Å². The van der Waals surface area contributed by atoms with Crippen molar-refractivity contribution in [1.82, 2.24) is 4.98 Å². The summed E-state index contributed by atoms with van der Waals surface area (Å²) in [4.78, 5) is 14.3. The average molecular weight is 193 g/mol. The smallest absolute Gasteiger partial charge is 0.251 e. The predicted molar refractivity (Wildman–Crippen MR) is 59.7 cm³/mol. The third kappa shape index (κ3) is 2.72. The third-order valence-electron chi connectivity index (χ3n) is 2.46. The van der Waals surface area contributed by atoms with E-state index in [4.69, 9.17) is 0 Å². The minimum atomic E-state index is 0.0976. The van der Waals surface area contributed by atoms with Gasteiger partial charge in [0.25, 0.3) is 5.56 Å². The summed E-state index contributed by atoms with van der Waals surface area (Å²) in [7, 11) is 0. The molecular formula is C12H19NO. The van der Waals surface area contributed by atoms with Gasteiger partial charge in [-0.15, -0.1) is 0 Å². The summed E-state index contributed by atoms with van der Waals surface area (Å²) in [6.07, 6.45) is 7.07. The van der Waals surface area contributed by atoms with Crippen LogP contribution in [0.3, 0.4) is 0 Å². The average Bonchev–Trinajstić information content (AvgIpc) is 2.19. The monoisotopic (exact) mass is 193 g/mol. The van der Waals surface area contributed by atoms with Crippen LogP contribution in [0, 0.1) is 0 Å². The number of aromatic nitrogens is 1. The minimum Gasteiger partial charge on any atom is -0.329 e. The summed E-state index contributed by atoms with van der Waals surface area (Å²) in [5.41, 5.74) is 2.32. The molecule has 0 atom stereocenters. The Hall–Kier alpha value is -1.05. The first-order valence-corrected chi connectivity index (χ1v) is 5.49. The molecule has 1 aromatic rings. The second-order valence-electron chi connectivity index (χ2n) is 3.66. The van der Waals surface area contributed by atoms with Crippen molar-refractivity contribution >= 4 is 0 Å². The molecule has 1 aromatic heterocycles. The molecular weight excluding hydrogens is 174 g/mol. The molecule has 1 N–H and O–H groups in total. The molecule has 0 aliphatic rings. The van der Waals surface area contributed by atoms with E-state index in [0.717, 1.165) is 24.8 Å². The third-order valence-corrected chi connectivity index (χ3v) is 2.46. The lowest BCUT2D eigenvalue weighted by atomic mass is 10.0. The van der Waals surface area contributed by atoms with E-state index < -0.39 is 0 Å². The molecule has 0 aromatic carbocycles. The fourth-order valence-corrected chi connectivity index (χ4v) is 1.68. The van der Waals surface area contributed by atoms with Crippen LogP contribution in [0.15, 0.2) is 17.1 Å². The van der Waals surface area contributed by atoms with Crippen molar-refractivity contribution in [2.24, 2.45) is 0 Å². The van der Waals surface area contributed by atoms with Gasteiger partial charge in [-0.25, -0.2) is 0 Å². The first-order valence-electron chi connectivity index (χ1n) is 5.49. The molecule has 0 amide bonds. The standard InChI is InChI=1S/C12H19NO/c1-3-5-7-10-8-9-13-12(14)11(10)6-4-2/h8-9H,3-7H2,1-2H3,(H,13,14). The van der Waals surface area contributed by atoms with Gasteiger partial charge in [0.05, 0.1) is 0 Å². The number of aryl methyl sites for hydroxylation is 1. The Labute approximate surface area is 85.4 Å². The van der Waals surface area contributed by atoms with Crippen molar-refractivity contribution < 1.29 is 0 Å². The predicted octanol–water partition coefficient (Wildman–Crippen LogP) is 2.67. The summed E-state index contributed by atoms with van der Waals surface area (Å²) < 4.78 is 0. The van der Waals surface area contributed by atoms with Crippen LogP contribution in [0.2, 0.25) is 0 Å². The van der Waals surface area contributed by atoms with Crippen LogP contribution in [0.25, 0.3) is 0 Å². The topological polar surface area (TPSA) is 32.9 Å². The molecule has 0 spiro atoms. The highest BCUT2D eigenvalue weighted by Crippen LogP contribution is 2.09. The summed E-state index contributed by atoms with van der Waals surface area (Å²) in [5, 5.41) is 0. The quantitative estimate of drug-likeness (QED) is 0.766. The number of unbranched alkanes of at least 4 members (excludes halogenated alkanes) is 1. The maximum atomic E-state index is 11.5. The highest BCUT2D eigenvalue weighted by Gasteiger charge is 2.04. The van der Waals surface area contributed by atoms with E-state index in [1.807, 2.05) is 6.07 Å². The number of H-pyrrole nitrogens is 1. The van der Waals surface area contributed by atoms with Gasteiger partial charge < -0.3 is 4.98 Å². The van der Waals surface area contributed by atoms with Gasteiger partial charge in [-0.1, -0.05) is 26.7 Å². The Morgan fingerprint density at radius 2 is 2.00 bits per heavy atom. The Kier molecular flexibility index (Phi) is 4.44. The molecule has 78 valence electrons. The minimum absolute atomic E-state index is 0.0976. The summed E-state index contributed by atoms with van der Waals surface area (Å²) >= 11 is 0. The molecule has 0 bridgehead atoms. The van der Waals surface area contributed by atoms with E-state index >= 15 is 0 Å². The molecule has 0 aliphatic heterocycles. The Balaban J connectivity index is 2.89. The first-order chi connectivity index (χ1) is 6.79. The van der Waals surface area contributed by atoms with Gasteiger partial charge in [0.15, 0.2) is 0 Å². The molecule has 0 radical (unpaired) electrons. The molecule has 0 fully saturated rings.